The maximum absolute atomic E-state index is 9.92. The van der Waals surface area contributed by atoms with Crippen molar-refractivity contribution in [3.63, 3.8) is 0 Å². The summed E-state index contributed by atoms with van der Waals surface area (Å²) in [5, 5.41) is 9.92. The van der Waals surface area contributed by atoms with Crippen LogP contribution in [0, 0.1) is 0 Å². The molecule has 1 aliphatic rings. The molecule has 1 aromatic rings. The van der Waals surface area contributed by atoms with E-state index >= 15 is 0 Å². The molecule has 1 aliphatic carbocycles. The molecule has 2 rings (SSSR count). The van der Waals surface area contributed by atoms with Crippen LogP contribution in [0.2, 0.25) is 19.6 Å². The molecule has 0 bridgehead atoms. The van der Waals surface area contributed by atoms with E-state index in [2.05, 4.69) is 50.0 Å². The molecule has 0 saturated heterocycles. The Morgan fingerprint density at radius 3 is 2.35 bits per heavy atom. The minimum absolute atomic E-state index is 0.0852. The average molecular weight is 266 g/mol. The maximum Gasteiger partial charge on any atom is 0.0632 e. The molecule has 2 atom stereocenters. The van der Waals surface area contributed by atoms with Crippen LogP contribution < -0.4 is 0 Å². The second-order valence-electron chi connectivity index (χ2n) is 6.06. The fourth-order valence-corrected chi connectivity index (χ4v) is 7.19. The minimum atomic E-state index is -1.30. The molecule has 0 amide bonds. The lowest BCUT2D eigenvalue weighted by molar-refractivity contribution is 0.182. The van der Waals surface area contributed by atoms with Gasteiger partial charge in [0.25, 0.3) is 0 Å². The molecule has 0 spiro atoms. The van der Waals surface area contributed by atoms with Gasteiger partial charge in [0.1, 0.15) is 0 Å². The van der Waals surface area contributed by atoms with Crippen LogP contribution in [-0.4, -0.2) is 23.7 Å². The van der Waals surface area contributed by atoms with Crippen molar-refractivity contribution in [1.29, 1.82) is 0 Å². The SMILES string of the molecule is C[Si](C)(C)C1(Sc2ccccc2)CCC(O)C1. The highest BCUT2D eigenvalue weighted by atomic mass is 32.2. The number of benzene rings is 1. The number of rotatable bonds is 3. The van der Waals surface area contributed by atoms with Crippen LogP contribution in [0.5, 0.6) is 0 Å². The molecule has 0 aromatic heterocycles. The fourth-order valence-electron chi connectivity index (χ4n) is 2.63. The second kappa shape index (κ2) is 4.79. The summed E-state index contributed by atoms with van der Waals surface area (Å²) >= 11 is 2.01. The van der Waals surface area contributed by atoms with Gasteiger partial charge in [-0.1, -0.05) is 37.8 Å². The first-order valence-corrected chi connectivity index (χ1v) is 10.7. The van der Waals surface area contributed by atoms with Crippen molar-refractivity contribution in [2.75, 3.05) is 0 Å². The largest absolute Gasteiger partial charge is 0.393 e. The molecule has 1 saturated carbocycles. The van der Waals surface area contributed by atoms with Crippen molar-refractivity contribution in [2.24, 2.45) is 0 Å². The van der Waals surface area contributed by atoms with Crippen molar-refractivity contribution >= 4 is 19.8 Å². The summed E-state index contributed by atoms with van der Waals surface area (Å²) in [6, 6.07) is 10.7. The van der Waals surface area contributed by atoms with Crippen molar-refractivity contribution in [2.45, 2.75) is 54.3 Å². The van der Waals surface area contributed by atoms with Gasteiger partial charge in [-0.2, -0.15) is 0 Å². The van der Waals surface area contributed by atoms with Gasteiger partial charge in [0.15, 0.2) is 0 Å². The lowest BCUT2D eigenvalue weighted by Gasteiger charge is -2.40. The van der Waals surface area contributed by atoms with Gasteiger partial charge in [-0.3, -0.25) is 0 Å². The highest BCUT2D eigenvalue weighted by molar-refractivity contribution is 8.02. The van der Waals surface area contributed by atoms with Gasteiger partial charge in [-0.05, 0) is 31.4 Å². The van der Waals surface area contributed by atoms with E-state index in [-0.39, 0.29) is 6.10 Å². The first kappa shape index (κ1) is 13.2. The standard InChI is InChI=1S/C14H22OSSi/c1-17(2,3)14(10-9-12(15)11-14)16-13-7-5-4-6-8-13/h4-8,12,15H,9-11H2,1-3H3. The molecule has 17 heavy (non-hydrogen) atoms. The highest BCUT2D eigenvalue weighted by Gasteiger charge is 2.48. The third kappa shape index (κ3) is 2.78. The number of hydrogen-bond donors (Lipinski definition) is 1. The normalized spacial score (nSPS) is 29.5. The summed E-state index contributed by atoms with van der Waals surface area (Å²) in [4.78, 5) is 1.35. The molecular weight excluding hydrogens is 244 g/mol. The summed E-state index contributed by atoms with van der Waals surface area (Å²) in [6.45, 7) is 7.29. The van der Waals surface area contributed by atoms with E-state index < -0.39 is 8.07 Å². The molecule has 3 heteroatoms. The average Bonchev–Trinajstić information content (AvgIpc) is 2.62. The second-order valence-corrected chi connectivity index (χ2v) is 13.3. The van der Waals surface area contributed by atoms with Gasteiger partial charge in [0.2, 0.25) is 0 Å². The molecule has 2 unspecified atom stereocenters. The van der Waals surface area contributed by atoms with Gasteiger partial charge in [-0.15, -0.1) is 11.8 Å². The molecule has 1 aromatic carbocycles. The van der Waals surface area contributed by atoms with Crippen LogP contribution in [0.4, 0.5) is 0 Å². The Morgan fingerprint density at radius 2 is 1.88 bits per heavy atom. The first-order chi connectivity index (χ1) is 7.93. The van der Waals surface area contributed by atoms with E-state index in [4.69, 9.17) is 0 Å². The zero-order valence-corrected chi connectivity index (χ0v) is 12.8. The molecule has 0 radical (unpaired) electrons. The Balaban J connectivity index is 2.24. The Labute approximate surface area is 110 Å². The summed E-state index contributed by atoms with van der Waals surface area (Å²) in [6.07, 6.45) is 3.04. The van der Waals surface area contributed by atoms with Crippen LogP contribution in [0.25, 0.3) is 0 Å². The van der Waals surface area contributed by atoms with E-state index in [1.54, 1.807) is 0 Å². The lowest BCUT2D eigenvalue weighted by Crippen LogP contribution is -2.47. The maximum atomic E-state index is 9.92. The van der Waals surface area contributed by atoms with Crippen LogP contribution in [-0.2, 0) is 0 Å². The zero-order valence-electron chi connectivity index (χ0n) is 10.9. The minimum Gasteiger partial charge on any atom is -0.393 e. The van der Waals surface area contributed by atoms with E-state index in [1.807, 2.05) is 11.8 Å². The van der Waals surface area contributed by atoms with E-state index in [0.717, 1.165) is 12.8 Å². The molecule has 0 aliphatic heterocycles. The quantitative estimate of drug-likeness (QED) is 0.836. The number of hydrogen-bond acceptors (Lipinski definition) is 2. The van der Waals surface area contributed by atoms with Gasteiger partial charge in [-0.25, -0.2) is 0 Å². The smallest absolute Gasteiger partial charge is 0.0632 e. The summed E-state index contributed by atoms with van der Waals surface area (Å²) in [5.74, 6) is 0. The van der Waals surface area contributed by atoms with E-state index in [9.17, 15) is 5.11 Å². The van der Waals surface area contributed by atoms with Crippen LogP contribution in [0.3, 0.4) is 0 Å². The van der Waals surface area contributed by atoms with Crippen molar-refractivity contribution in [3.8, 4) is 0 Å². The molecule has 1 nitrogen and oxygen atoms in total. The Hall–Kier alpha value is -0.253. The topological polar surface area (TPSA) is 20.2 Å². The Bertz CT molecular complexity index is 374. The highest BCUT2D eigenvalue weighted by Crippen LogP contribution is 2.50. The van der Waals surface area contributed by atoms with Gasteiger partial charge in [0.05, 0.1) is 14.2 Å². The predicted molar refractivity (Wildman–Crippen MR) is 78.2 cm³/mol. The third-order valence-electron chi connectivity index (χ3n) is 3.87. The van der Waals surface area contributed by atoms with Gasteiger partial charge < -0.3 is 5.11 Å². The van der Waals surface area contributed by atoms with Crippen molar-refractivity contribution in [3.05, 3.63) is 30.3 Å². The summed E-state index contributed by atoms with van der Waals surface area (Å²) < 4.78 is 0.313. The molecule has 0 heterocycles. The van der Waals surface area contributed by atoms with Gasteiger partial charge in [0, 0.05) is 9.27 Å². The first-order valence-electron chi connectivity index (χ1n) is 6.35. The van der Waals surface area contributed by atoms with Crippen molar-refractivity contribution < 1.29 is 5.11 Å². The number of aliphatic hydroxyl groups excluding tert-OH is 1. The fraction of sp³-hybridized carbons (Fsp3) is 0.571. The third-order valence-corrected chi connectivity index (χ3v) is 10.5. The summed E-state index contributed by atoms with van der Waals surface area (Å²) in [7, 11) is -1.30. The molecular formula is C14H22OSSi. The number of aliphatic hydroxyl groups is 1. The van der Waals surface area contributed by atoms with E-state index in [1.165, 1.54) is 11.3 Å². The van der Waals surface area contributed by atoms with Crippen molar-refractivity contribution in [1.82, 2.24) is 0 Å². The number of thioether (sulfide) groups is 1. The van der Waals surface area contributed by atoms with Gasteiger partial charge >= 0.3 is 0 Å². The molecule has 1 N–H and O–H groups in total. The Morgan fingerprint density at radius 1 is 1.24 bits per heavy atom. The summed E-state index contributed by atoms with van der Waals surface area (Å²) in [5.41, 5.74) is 0. The predicted octanol–water partition coefficient (Wildman–Crippen LogP) is 3.94. The van der Waals surface area contributed by atoms with Crippen LogP contribution in [0.15, 0.2) is 35.2 Å². The van der Waals surface area contributed by atoms with E-state index in [0.29, 0.717) is 4.37 Å². The Kier molecular flexibility index (Phi) is 3.71. The zero-order chi connectivity index (χ0) is 12.5. The molecule has 94 valence electrons. The monoisotopic (exact) mass is 266 g/mol. The van der Waals surface area contributed by atoms with Crippen LogP contribution in [0.1, 0.15) is 19.3 Å². The lowest BCUT2D eigenvalue weighted by atomic mass is 10.3. The molecule has 1 fully saturated rings. The van der Waals surface area contributed by atoms with Crippen LogP contribution >= 0.6 is 11.8 Å².